The van der Waals surface area contributed by atoms with Crippen LogP contribution in [0.1, 0.15) is 25.3 Å². The number of fused-ring (bicyclic) bond motifs is 1. The number of aryl methyl sites for hydroxylation is 1. The molecule has 1 fully saturated rings. The summed E-state index contributed by atoms with van der Waals surface area (Å²) in [4.78, 5) is 2.45. The Morgan fingerprint density at radius 2 is 2.20 bits per heavy atom. The van der Waals surface area contributed by atoms with Crippen LogP contribution in [0, 0.1) is 0 Å². The Bertz CT molecular complexity index is 567. The third-order valence-corrected chi connectivity index (χ3v) is 4.35. The van der Waals surface area contributed by atoms with Gasteiger partial charge in [-0.25, -0.2) is 0 Å². The molecule has 108 valence electrons. The molecule has 1 saturated heterocycles. The van der Waals surface area contributed by atoms with E-state index in [0.717, 1.165) is 19.6 Å². The molecule has 3 rings (SSSR count). The average molecular weight is 271 g/mol. The summed E-state index contributed by atoms with van der Waals surface area (Å²) in [6.07, 6.45) is 4.97. The SMILES string of the molecule is CCn1cc(CN(C)CC2CCCN2)c2ccccc21. The van der Waals surface area contributed by atoms with Crippen LogP contribution >= 0.6 is 0 Å². The molecule has 1 aromatic carbocycles. The number of hydrogen-bond donors (Lipinski definition) is 1. The second-order valence-corrected chi connectivity index (χ2v) is 5.95. The molecule has 0 aliphatic carbocycles. The first-order valence-electron chi connectivity index (χ1n) is 7.76. The molecule has 20 heavy (non-hydrogen) atoms. The predicted octanol–water partition coefficient (Wildman–Crippen LogP) is 2.85. The van der Waals surface area contributed by atoms with Crippen LogP contribution in [0.3, 0.4) is 0 Å². The maximum absolute atomic E-state index is 3.58. The molecule has 2 aromatic rings. The molecule has 1 aliphatic heterocycles. The summed E-state index contributed by atoms with van der Waals surface area (Å²) in [5.41, 5.74) is 2.81. The van der Waals surface area contributed by atoms with E-state index >= 15 is 0 Å². The van der Waals surface area contributed by atoms with Gasteiger partial charge in [-0.3, -0.25) is 0 Å². The molecule has 0 radical (unpaired) electrons. The summed E-state index contributed by atoms with van der Waals surface area (Å²) in [5.74, 6) is 0. The number of para-hydroxylation sites is 1. The molecule has 2 heterocycles. The number of aromatic nitrogens is 1. The first-order chi connectivity index (χ1) is 9.78. The molecule has 1 aliphatic rings. The molecule has 3 nitrogen and oxygen atoms in total. The van der Waals surface area contributed by atoms with Crippen LogP contribution in [0.25, 0.3) is 10.9 Å². The van der Waals surface area contributed by atoms with Crippen molar-refractivity contribution in [1.82, 2.24) is 14.8 Å². The Morgan fingerprint density at radius 1 is 1.35 bits per heavy atom. The predicted molar refractivity (Wildman–Crippen MR) is 85.0 cm³/mol. The summed E-state index contributed by atoms with van der Waals surface area (Å²) in [7, 11) is 2.23. The van der Waals surface area contributed by atoms with E-state index in [0.29, 0.717) is 6.04 Å². The van der Waals surface area contributed by atoms with E-state index in [1.54, 1.807) is 0 Å². The molecule has 1 N–H and O–H groups in total. The van der Waals surface area contributed by atoms with Gasteiger partial charge >= 0.3 is 0 Å². The largest absolute Gasteiger partial charge is 0.347 e. The van der Waals surface area contributed by atoms with Crippen molar-refractivity contribution in [3.8, 4) is 0 Å². The van der Waals surface area contributed by atoms with Gasteiger partial charge in [-0.05, 0) is 45.0 Å². The van der Waals surface area contributed by atoms with Gasteiger partial charge in [0.1, 0.15) is 0 Å². The summed E-state index contributed by atoms with van der Waals surface area (Å²) in [6, 6.07) is 9.42. The summed E-state index contributed by atoms with van der Waals surface area (Å²) >= 11 is 0. The lowest BCUT2D eigenvalue weighted by atomic mass is 10.1. The molecule has 1 aromatic heterocycles. The molecule has 0 amide bonds. The van der Waals surface area contributed by atoms with Crippen molar-refractivity contribution in [2.45, 2.75) is 38.9 Å². The molecule has 3 heteroatoms. The number of hydrogen-bond acceptors (Lipinski definition) is 2. The summed E-state index contributed by atoms with van der Waals surface area (Å²) in [6.45, 7) is 6.61. The topological polar surface area (TPSA) is 20.2 Å². The van der Waals surface area contributed by atoms with E-state index in [-0.39, 0.29) is 0 Å². The molecular formula is C17H25N3. The van der Waals surface area contributed by atoms with Crippen molar-refractivity contribution >= 4 is 10.9 Å². The van der Waals surface area contributed by atoms with Crippen LogP contribution in [-0.2, 0) is 13.1 Å². The Morgan fingerprint density at radius 3 is 2.95 bits per heavy atom. The van der Waals surface area contributed by atoms with Crippen LogP contribution in [0.5, 0.6) is 0 Å². The van der Waals surface area contributed by atoms with Crippen molar-refractivity contribution in [1.29, 1.82) is 0 Å². The molecule has 1 atom stereocenters. The lowest BCUT2D eigenvalue weighted by Gasteiger charge is -2.20. The lowest BCUT2D eigenvalue weighted by molar-refractivity contribution is 0.294. The molecule has 0 bridgehead atoms. The number of nitrogens with zero attached hydrogens (tertiary/aromatic N) is 2. The van der Waals surface area contributed by atoms with Crippen LogP contribution in [0.2, 0.25) is 0 Å². The quantitative estimate of drug-likeness (QED) is 0.902. The van der Waals surface area contributed by atoms with Crippen LogP contribution < -0.4 is 5.32 Å². The highest BCUT2D eigenvalue weighted by atomic mass is 15.1. The maximum Gasteiger partial charge on any atom is 0.0483 e. The minimum atomic E-state index is 0.680. The molecule has 0 saturated carbocycles. The average Bonchev–Trinajstić information content (AvgIpc) is 3.07. The lowest BCUT2D eigenvalue weighted by Crippen LogP contribution is -2.34. The van der Waals surface area contributed by atoms with E-state index in [1.165, 1.54) is 35.9 Å². The molecule has 0 spiro atoms. The number of nitrogens with one attached hydrogen (secondary N) is 1. The van der Waals surface area contributed by atoms with E-state index < -0.39 is 0 Å². The fraction of sp³-hybridized carbons (Fsp3) is 0.529. The molecule has 1 unspecified atom stereocenters. The van der Waals surface area contributed by atoms with Gasteiger partial charge < -0.3 is 14.8 Å². The van der Waals surface area contributed by atoms with Crippen LogP contribution in [0.15, 0.2) is 30.5 Å². The van der Waals surface area contributed by atoms with Gasteiger partial charge in [-0.1, -0.05) is 18.2 Å². The third-order valence-electron chi connectivity index (χ3n) is 4.35. The first kappa shape index (κ1) is 13.7. The Hall–Kier alpha value is -1.32. The zero-order valence-electron chi connectivity index (χ0n) is 12.6. The highest BCUT2D eigenvalue weighted by Gasteiger charge is 2.17. The number of benzene rings is 1. The highest BCUT2D eigenvalue weighted by Crippen LogP contribution is 2.22. The van der Waals surface area contributed by atoms with Crippen LogP contribution in [-0.4, -0.2) is 35.6 Å². The molecular weight excluding hydrogens is 246 g/mol. The van der Waals surface area contributed by atoms with E-state index in [1.807, 2.05) is 0 Å². The smallest absolute Gasteiger partial charge is 0.0483 e. The summed E-state index contributed by atoms with van der Waals surface area (Å²) < 4.78 is 2.35. The Balaban J connectivity index is 1.76. The van der Waals surface area contributed by atoms with Crippen molar-refractivity contribution in [3.05, 3.63) is 36.0 Å². The van der Waals surface area contributed by atoms with E-state index in [9.17, 15) is 0 Å². The van der Waals surface area contributed by atoms with Gasteiger partial charge in [0.25, 0.3) is 0 Å². The van der Waals surface area contributed by atoms with E-state index in [4.69, 9.17) is 0 Å². The fourth-order valence-corrected chi connectivity index (χ4v) is 3.35. The van der Waals surface area contributed by atoms with Crippen molar-refractivity contribution in [3.63, 3.8) is 0 Å². The first-order valence-corrected chi connectivity index (χ1v) is 7.76. The number of likely N-dealkylation sites (N-methyl/N-ethyl adjacent to an activating group) is 1. The van der Waals surface area contributed by atoms with Gasteiger partial charge in [0, 0.05) is 42.8 Å². The zero-order valence-corrected chi connectivity index (χ0v) is 12.6. The zero-order chi connectivity index (χ0) is 13.9. The normalized spacial score (nSPS) is 19.2. The van der Waals surface area contributed by atoms with Crippen LogP contribution in [0.4, 0.5) is 0 Å². The minimum Gasteiger partial charge on any atom is -0.347 e. The van der Waals surface area contributed by atoms with Crippen molar-refractivity contribution in [2.75, 3.05) is 20.1 Å². The Labute approximate surface area is 121 Å². The number of rotatable bonds is 5. The van der Waals surface area contributed by atoms with E-state index in [2.05, 4.69) is 59.2 Å². The van der Waals surface area contributed by atoms with Gasteiger partial charge in [-0.15, -0.1) is 0 Å². The minimum absolute atomic E-state index is 0.680. The summed E-state index contributed by atoms with van der Waals surface area (Å²) in [5, 5.41) is 4.98. The van der Waals surface area contributed by atoms with Gasteiger partial charge in [0.2, 0.25) is 0 Å². The second kappa shape index (κ2) is 5.98. The van der Waals surface area contributed by atoms with Gasteiger partial charge in [-0.2, -0.15) is 0 Å². The standard InChI is InChI=1S/C17H25N3/c1-3-20-12-14(16-8-4-5-9-17(16)20)11-19(2)13-15-7-6-10-18-15/h4-5,8-9,12,15,18H,3,6-7,10-11,13H2,1-2H3. The maximum atomic E-state index is 3.58. The third kappa shape index (κ3) is 2.74. The van der Waals surface area contributed by atoms with Crippen molar-refractivity contribution < 1.29 is 0 Å². The fourth-order valence-electron chi connectivity index (χ4n) is 3.35. The highest BCUT2D eigenvalue weighted by molar-refractivity contribution is 5.83. The monoisotopic (exact) mass is 271 g/mol. The van der Waals surface area contributed by atoms with Crippen molar-refractivity contribution in [2.24, 2.45) is 0 Å². The van der Waals surface area contributed by atoms with Gasteiger partial charge in [0.05, 0.1) is 0 Å². The Kier molecular flexibility index (Phi) is 4.08. The second-order valence-electron chi connectivity index (χ2n) is 5.95. The van der Waals surface area contributed by atoms with Gasteiger partial charge in [0.15, 0.2) is 0 Å².